The van der Waals surface area contributed by atoms with Crippen LogP contribution in [-0.2, 0) is 21.2 Å². The highest BCUT2D eigenvalue weighted by Crippen LogP contribution is 2.40. The van der Waals surface area contributed by atoms with Crippen LogP contribution in [0.25, 0.3) is 0 Å². The predicted octanol–water partition coefficient (Wildman–Crippen LogP) is 1.80. The normalized spacial score (nSPS) is 13.0. The Labute approximate surface area is 199 Å². The second kappa shape index (κ2) is 10.3. The summed E-state index contributed by atoms with van der Waals surface area (Å²) in [7, 11) is -0.785. The molecule has 1 aliphatic rings. The van der Waals surface area contributed by atoms with Gasteiger partial charge >= 0.3 is 0 Å². The molecule has 0 fully saturated rings. The summed E-state index contributed by atoms with van der Waals surface area (Å²) in [6, 6.07) is 7.82. The fourth-order valence-electron chi connectivity index (χ4n) is 3.91. The number of hydrogen-bond donors (Lipinski definition) is 1. The molecule has 11 heteroatoms. The molecule has 2 aromatic carbocycles. The maximum absolute atomic E-state index is 13.4. The summed E-state index contributed by atoms with van der Waals surface area (Å²) in [6.07, 6.45) is 0.525. The number of carbonyl (C=O) groups is 2. The molecule has 2 N–H and O–H groups in total. The lowest BCUT2D eigenvalue weighted by molar-refractivity contribution is -0.120. The molecule has 2 aromatic rings. The smallest absolute Gasteiger partial charge is 0.258 e. The first kappa shape index (κ1) is 25.3. The van der Waals surface area contributed by atoms with Crippen LogP contribution in [0, 0.1) is 0 Å². The van der Waals surface area contributed by atoms with Gasteiger partial charge in [-0.1, -0.05) is 13.8 Å². The minimum Gasteiger partial charge on any atom is -0.493 e. The van der Waals surface area contributed by atoms with Gasteiger partial charge in [0.1, 0.15) is 0 Å². The Morgan fingerprint density at radius 3 is 2.21 bits per heavy atom. The molecule has 0 unspecified atom stereocenters. The van der Waals surface area contributed by atoms with Crippen molar-refractivity contribution < 1.29 is 32.2 Å². The number of fused-ring (bicyclic) bond motifs is 1. The van der Waals surface area contributed by atoms with Crippen LogP contribution in [0.15, 0.2) is 35.2 Å². The van der Waals surface area contributed by atoms with Crippen molar-refractivity contribution in [3.05, 3.63) is 41.5 Å². The van der Waals surface area contributed by atoms with Crippen molar-refractivity contribution in [2.45, 2.75) is 25.2 Å². The number of rotatable bonds is 10. The lowest BCUT2D eigenvalue weighted by Crippen LogP contribution is -2.30. The van der Waals surface area contributed by atoms with Gasteiger partial charge in [0.2, 0.25) is 15.8 Å². The van der Waals surface area contributed by atoms with Crippen LogP contribution in [0.1, 0.15) is 29.8 Å². The number of ether oxygens (including phenoxy) is 3. The van der Waals surface area contributed by atoms with E-state index in [0.29, 0.717) is 31.7 Å². The number of nitrogens with zero attached hydrogens (tertiary/aromatic N) is 2. The van der Waals surface area contributed by atoms with Gasteiger partial charge in [0.05, 0.1) is 19.1 Å². The number of anilines is 1. The van der Waals surface area contributed by atoms with E-state index in [2.05, 4.69) is 0 Å². The molecule has 0 atom stereocenters. The minimum atomic E-state index is -3.60. The zero-order chi connectivity index (χ0) is 25.0. The monoisotopic (exact) mass is 491 g/mol. The molecule has 0 spiro atoms. The van der Waals surface area contributed by atoms with Gasteiger partial charge in [-0.05, 0) is 42.3 Å². The summed E-state index contributed by atoms with van der Waals surface area (Å²) in [5.74, 6) is -0.391. The molecule has 1 heterocycles. The summed E-state index contributed by atoms with van der Waals surface area (Å²) in [5, 5.41) is 0. The van der Waals surface area contributed by atoms with Crippen molar-refractivity contribution in [2.75, 3.05) is 45.4 Å². The molecule has 0 aliphatic carbocycles. The first-order valence-electron chi connectivity index (χ1n) is 10.8. The summed E-state index contributed by atoms with van der Waals surface area (Å²) >= 11 is 0. The van der Waals surface area contributed by atoms with Gasteiger partial charge in [0.15, 0.2) is 18.1 Å². The number of sulfonamides is 1. The molecule has 1 aliphatic heterocycles. The van der Waals surface area contributed by atoms with Crippen molar-refractivity contribution in [3.63, 3.8) is 0 Å². The number of hydrogen-bond acceptors (Lipinski definition) is 7. The zero-order valence-corrected chi connectivity index (χ0v) is 20.5. The van der Waals surface area contributed by atoms with Gasteiger partial charge in [-0.15, -0.1) is 0 Å². The average Bonchev–Trinajstić information content (AvgIpc) is 3.25. The molecule has 0 saturated carbocycles. The highest BCUT2D eigenvalue weighted by atomic mass is 32.2. The maximum Gasteiger partial charge on any atom is 0.258 e. The van der Waals surface area contributed by atoms with E-state index >= 15 is 0 Å². The molecule has 10 nitrogen and oxygen atoms in total. The van der Waals surface area contributed by atoms with E-state index in [4.69, 9.17) is 19.9 Å². The Bertz CT molecular complexity index is 1170. The van der Waals surface area contributed by atoms with Crippen LogP contribution in [0.2, 0.25) is 0 Å². The topological polar surface area (TPSA) is 128 Å². The number of benzene rings is 2. The van der Waals surface area contributed by atoms with E-state index in [0.717, 1.165) is 5.56 Å². The standard InChI is InChI=1S/C23H29N3O7S/c1-5-25(6-2)34(29,30)17-7-8-18-15(11-17)9-10-26(18)23(28)16-12-19(31-3)22(20(13-16)32-4)33-14-21(24)27/h7-8,11-13H,5-6,9-10,14H2,1-4H3,(H2,24,27). The molecule has 184 valence electrons. The summed E-state index contributed by atoms with van der Waals surface area (Å²) in [5.41, 5.74) is 6.87. The van der Waals surface area contributed by atoms with Crippen molar-refractivity contribution in [2.24, 2.45) is 5.73 Å². The van der Waals surface area contributed by atoms with Gasteiger partial charge in [0.25, 0.3) is 11.8 Å². The van der Waals surface area contributed by atoms with Gasteiger partial charge in [-0.2, -0.15) is 4.31 Å². The molecule has 0 radical (unpaired) electrons. The molecule has 34 heavy (non-hydrogen) atoms. The molecule has 2 amide bonds. The number of carbonyl (C=O) groups excluding carboxylic acids is 2. The molecular weight excluding hydrogens is 462 g/mol. The van der Waals surface area contributed by atoms with E-state index in [9.17, 15) is 18.0 Å². The quantitative estimate of drug-likeness (QED) is 0.537. The van der Waals surface area contributed by atoms with Gasteiger partial charge < -0.3 is 24.8 Å². The van der Waals surface area contributed by atoms with E-state index < -0.39 is 15.9 Å². The second-order valence-corrected chi connectivity index (χ2v) is 9.49. The van der Waals surface area contributed by atoms with Crippen LogP contribution in [0.3, 0.4) is 0 Å². The number of nitrogens with two attached hydrogens (primary N) is 1. The Balaban J connectivity index is 1.94. The summed E-state index contributed by atoms with van der Waals surface area (Å²) in [4.78, 5) is 26.3. The molecule has 3 rings (SSSR count). The first-order valence-corrected chi connectivity index (χ1v) is 12.2. The van der Waals surface area contributed by atoms with Gasteiger partial charge in [-0.25, -0.2) is 8.42 Å². The van der Waals surface area contributed by atoms with Crippen molar-refractivity contribution >= 4 is 27.5 Å². The van der Waals surface area contributed by atoms with Gasteiger partial charge in [-0.3, -0.25) is 9.59 Å². The average molecular weight is 492 g/mol. The van der Waals surface area contributed by atoms with E-state index in [1.807, 2.05) is 0 Å². The summed E-state index contributed by atoms with van der Waals surface area (Å²) in [6.45, 7) is 4.36. The highest BCUT2D eigenvalue weighted by molar-refractivity contribution is 7.89. The number of primary amides is 1. The molecule has 0 saturated heterocycles. The Hall–Kier alpha value is -3.31. The third kappa shape index (κ3) is 4.80. The minimum absolute atomic E-state index is 0.161. The Morgan fingerprint density at radius 1 is 1.06 bits per heavy atom. The van der Waals surface area contributed by atoms with Crippen LogP contribution >= 0.6 is 0 Å². The molecule has 0 aromatic heterocycles. The lowest BCUT2D eigenvalue weighted by atomic mass is 10.1. The third-order valence-electron chi connectivity index (χ3n) is 5.60. The van der Waals surface area contributed by atoms with E-state index in [1.165, 1.54) is 36.7 Å². The molecule has 0 bridgehead atoms. The zero-order valence-electron chi connectivity index (χ0n) is 19.7. The van der Waals surface area contributed by atoms with Crippen LogP contribution in [0.5, 0.6) is 17.2 Å². The van der Waals surface area contributed by atoms with E-state index in [-0.39, 0.29) is 40.2 Å². The van der Waals surface area contributed by atoms with Crippen LogP contribution in [0.4, 0.5) is 5.69 Å². The van der Waals surface area contributed by atoms with Crippen molar-refractivity contribution in [1.82, 2.24) is 4.31 Å². The summed E-state index contributed by atoms with van der Waals surface area (Å²) < 4.78 is 43.2. The van der Waals surface area contributed by atoms with E-state index in [1.54, 1.807) is 30.9 Å². The second-order valence-electron chi connectivity index (χ2n) is 7.55. The molecular formula is C23H29N3O7S. The lowest BCUT2D eigenvalue weighted by Gasteiger charge is -2.21. The Morgan fingerprint density at radius 2 is 1.68 bits per heavy atom. The number of methoxy groups -OCH3 is 2. The third-order valence-corrected chi connectivity index (χ3v) is 7.65. The maximum atomic E-state index is 13.4. The highest BCUT2D eigenvalue weighted by Gasteiger charge is 2.30. The van der Waals surface area contributed by atoms with Gasteiger partial charge in [0, 0.05) is 30.9 Å². The van der Waals surface area contributed by atoms with Crippen LogP contribution in [-0.4, -0.2) is 65.0 Å². The SMILES string of the molecule is CCN(CC)S(=O)(=O)c1ccc2c(c1)CCN2C(=O)c1cc(OC)c(OCC(N)=O)c(OC)c1. The predicted molar refractivity (Wildman–Crippen MR) is 126 cm³/mol. The fraction of sp³-hybridized carbons (Fsp3) is 0.391. The largest absolute Gasteiger partial charge is 0.493 e. The number of amides is 2. The van der Waals surface area contributed by atoms with Crippen LogP contribution < -0.4 is 24.8 Å². The van der Waals surface area contributed by atoms with Crippen molar-refractivity contribution in [1.29, 1.82) is 0 Å². The first-order chi connectivity index (χ1) is 16.2. The fourth-order valence-corrected chi connectivity index (χ4v) is 5.42. The van der Waals surface area contributed by atoms with Crippen molar-refractivity contribution in [3.8, 4) is 17.2 Å². The Kier molecular flexibility index (Phi) is 7.68.